The van der Waals surface area contributed by atoms with Crippen LogP contribution in [0.15, 0.2) is 36.4 Å². The van der Waals surface area contributed by atoms with Gasteiger partial charge in [-0.15, -0.1) is 0 Å². The zero-order chi connectivity index (χ0) is 26.9. The molecule has 194 valence electrons. The van der Waals surface area contributed by atoms with Crippen LogP contribution in [-0.4, -0.2) is 62.9 Å². The number of nitro benzene ring substituents is 1. The molecular formula is C24H27N7O5S. The summed E-state index contributed by atoms with van der Waals surface area (Å²) in [4.78, 5) is 28.1. The van der Waals surface area contributed by atoms with Crippen molar-refractivity contribution < 1.29 is 19.9 Å². The number of nitro groups is 1. The summed E-state index contributed by atoms with van der Waals surface area (Å²) >= 11 is 0.872. The fourth-order valence-corrected chi connectivity index (χ4v) is 4.72. The topological polar surface area (TPSA) is 168 Å². The molecule has 0 bridgehead atoms. The van der Waals surface area contributed by atoms with E-state index in [1.807, 2.05) is 37.2 Å². The van der Waals surface area contributed by atoms with Crippen molar-refractivity contribution in [3.05, 3.63) is 68.8 Å². The molecule has 0 radical (unpaired) electrons. The first-order valence-corrected chi connectivity index (χ1v) is 12.1. The molecule has 0 fully saturated rings. The van der Waals surface area contributed by atoms with Crippen molar-refractivity contribution in [2.75, 3.05) is 30.9 Å². The molecule has 0 saturated heterocycles. The predicted octanol–water partition coefficient (Wildman–Crippen LogP) is 3.02. The molecule has 2 heterocycles. The number of amides is 1. The molecule has 3 aromatic rings. The molecule has 0 aliphatic carbocycles. The average Bonchev–Trinajstić information content (AvgIpc) is 3.46. The van der Waals surface area contributed by atoms with E-state index in [1.165, 1.54) is 18.2 Å². The van der Waals surface area contributed by atoms with Gasteiger partial charge in [-0.3, -0.25) is 20.3 Å². The van der Waals surface area contributed by atoms with Crippen molar-refractivity contribution in [2.45, 2.75) is 26.1 Å². The van der Waals surface area contributed by atoms with Gasteiger partial charge in [0.05, 0.1) is 11.5 Å². The highest BCUT2D eigenvalue weighted by atomic mass is 32.1. The number of nitrogens with one attached hydrogen (secondary N) is 3. The molecule has 5 N–H and O–H groups in total. The van der Waals surface area contributed by atoms with Gasteiger partial charge < -0.3 is 30.6 Å². The third-order valence-electron chi connectivity index (χ3n) is 5.99. The van der Waals surface area contributed by atoms with Crippen LogP contribution in [0.1, 0.15) is 34.0 Å². The van der Waals surface area contributed by atoms with Crippen molar-refractivity contribution >= 4 is 45.3 Å². The maximum Gasteiger partial charge on any atom is 0.284 e. The lowest BCUT2D eigenvalue weighted by Gasteiger charge is -2.16. The molecule has 4 rings (SSSR count). The van der Waals surface area contributed by atoms with Gasteiger partial charge in [0.25, 0.3) is 11.6 Å². The van der Waals surface area contributed by atoms with Crippen molar-refractivity contribution in [3.8, 4) is 5.88 Å². The summed E-state index contributed by atoms with van der Waals surface area (Å²) in [5, 5.41) is 45.4. The van der Waals surface area contributed by atoms with Gasteiger partial charge >= 0.3 is 0 Å². The summed E-state index contributed by atoms with van der Waals surface area (Å²) in [5.74, 6) is -0.994. The van der Waals surface area contributed by atoms with E-state index in [0.717, 1.165) is 28.3 Å². The van der Waals surface area contributed by atoms with Gasteiger partial charge in [-0.2, -0.15) is 4.37 Å². The number of aromatic hydroxyl groups is 1. The molecule has 1 aliphatic rings. The van der Waals surface area contributed by atoms with Gasteiger partial charge in [0.2, 0.25) is 5.88 Å². The summed E-state index contributed by atoms with van der Waals surface area (Å²) in [6.07, 6.45) is 0. The van der Waals surface area contributed by atoms with Crippen LogP contribution in [0.4, 0.5) is 22.1 Å². The lowest BCUT2D eigenvalue weighted by molar-refractivity contribution is -0.385. The molecule has 12 nitrogen and oxygen atoms in total. The van der Waals surface area contributed by atoms with Gasteiger partial charge in [-0.05, 0) is 53.8 Å². The molecule has 1 unspecified atom stereocenters. The van der Waals surface area contributed by atoms with E-state index in [1.54, 1.807) is 11.8 Å². The average molecular weight is 526 g/mol. The Morgan fingerprint density at radius 2 is 2.00 bits per heavy atom. The number of benzene rings is 2. The summed E-state index contributed by atoms with van der Waals surface area (Å²) in [6.45, 7) is 2.17. The molecule has 1 atom stereocenters. The second kappa shape index (κ2) is 10.4. The maximum absolute atomic E-state index is 13.3. The largest absolute Gasteiger partial charge is 0.492 e. The number of hydrogen-bond acceptors (Lipinski definition) is 10. The number of rotatable bonds is 8. The molecule has 1 aliphatic heterocycles. The zero-order valence-electron chi connectivity index (χ0n) is 20.5. The Labute approximate surface area is 217 Å². The minimum Gasteiger partial charge on any atom is -0.492 e. The van der Waals surface area contributed by atoms with Crippen LogP contribution in [0, 0.1) is 15.5 Å². The lowest BCUT2D eigenvalue weighted by atomic mass is 10.1. The van der Waals surface area contributed by atoms with Crippen LogP contribution in [0.5, 0.6) is 5.88 Å². The molecular weight excluding hydrogens is 498 g/mol. The summed E-state index contributed by atoms with van der Waals surface area (Å²) in [6, 6.07) is 9.69. The third-order valence-corrected chi connectivity index (χ3v) is 6.74. The van der Waals surface area contributed by atoms with E-state index in [2.05, 4.69) is 15.0 Å². The van der Waals surface area contributed by atoms with Crippen molar-refractivity contribution in [3.63, 3.8) is 0 Å². The van der Waals surface area contributed by atoms with Crippen LogP contribution >= 0.6 is 11.5 Å². The molecule has 0 spiro atoms. The van der Waals surface area contributed by atoms with Gasteiger partial charge in [0.1, 0.15) is 22.0 Å². The Bertz CT molecular complexity index is 1370. The summed E-state index contributed by atoms with van der Waals surface area (Å²) in [7, 11) is 3.87. The van der Waals surface area contributed by atoms with Gasteiger partial charge in [-0.1, -0.05) is 6.07 Å². The Hall–Kier alpha value is -4.23. The number of aliphatic hydroxyl groups is 1. The second-order valence-electron chi connectivity index (χ2n) is 8.94. The number of anilines is 3. The highest BCUT2D eigenvalue weighted by Gasteiger charge is 2.30. The Kier molecular flexibility index (Phi) is 7.27. The van der Waals surface area contributed by atoms with Crippen LogP contribution in [-0.2, 0) is 13.1 Å². The normalized spacial score (nSPS) is 13.1. The van der Waals surface area contributed by atoms with Crippen molar-refractivity contribution in [1.29, 1.82) is 5.41 Å². The quantitative estimate of drug-likeness (QED) is 0.128. The SMILES string of the molecule is CC(CO)NC(=N)c1c(O)nsc1Nc1ccc(C(=O)N2Cc3ccc(N(C)C)cc3C2)c([N+](=O)[O-])c1. The van der Waals surface area contributed by atoms with Crippen LogP contribution in [0.3, 0.4) is 0 Å². The Balaban J connectivity index is 1.57. The Morgan fingerprint density at radius 1 is 1.27 bits per heavy atom. The second-order valence-corrected chi connectivity index (χ2v) is 9.71. The Morgan fingerprint density at radius 3 is 2.68 bits per heavy atom. The first-order valence-electron chi connectivity index (χ1n) is 11.4. The summed E-state index contributed by atoms with van der Waals surface area (Å²) in [5.41, 5.74) is 2.98. The first kappa shape index (κ1) is 25.9. The first-order chi connectivity index (χ1) is 17.6. The molecule has 0 saturated carbocycles. The number of aromatic nitrogens is 1. The minimum atomic E-state index is -0.608. The van der Waals surface area contributed by atoms with Crippen LogP contribution in [0.25, 0.3) is 0 Å². The monoisotopic (exact) mass is 525 g/mol. The van der Waals surface area contributed by atoms with Crippen molar-refractivity contribution in [1.82, 2.24) is 14.6 Å². The van der Waals surface area contributed by atoms with E-state index >= 15 is 0 Å². The number of carbonyl (C=O) groups excluding carboxylic acids is 1. The van der Waals surface area contributed by atoms with Gasteiger partial charge in [0.15, 0.2) is 0 Å². The minimum absolute atomic E-state index is 0.0326. The smallest absolute Gasteiger partial charge is 0.284 e. The molecule has 13 heteroatoms. The molecule has 37 heavy (non-hydrogen) atoms. The fraction of sp³-hybridized carbons (Fsp3) is 0.292. The van der Waals surface area contributed by atoms with E-state index in [-0.39, 0.29) is 45.8 Å². The number of hydrogen-bond donors (Lipinski definition) is 5. The highest BCUT2D eigenvalue weighted by Crippen LogP contribution is 2.35. The standard InChI is InChI=1S/C24H27N7O5S/c1-13(12-32)26-21(25)20-22(33)28-37-23(20)27-16-5-7-18(19(9-16)31(35)36)24(34)30-10-14-4-6-17(29(2)3)8-15(14)11-30/h4-9,13,27,32H,10-12H2,1-3H3,(H2,25,26)(H,28,33). The van der Waals surface area contributed by atoms with Crippen molar-refractivity contribution in [2.24, 2.45) is 0 Å². The number of carbonyl (C=O) groups is 1. The number of amidine groups is 1. The van der Waals surface area contributed by atoms with Crippen LogP contribution < -0.4 is 15.5 Å². The molecule has 1 amide bonds. The number of nitrogens with zero attached hydrogens (tertiary/aromatic N) is 4. The van der Waals surface area contributed by atoms with E-state index in [0.29, 0.717) is 13.1 Å². The molecule has 2 aromatic carbocycles. The third kappa shape index (κ3) is 5.32. The zero-order valence-corrected chi connectivity index (χ0v) is 21.3. The van der Waals surface area contributed by atoms with Gasteiger partial charge in [-0.25, -0.2) is 0 Å². The number of aliphatic hydroxyl groups excluding tert-OH is 1. The van der Waals surface area contributed by atoms with Gasteiger partial charge in [0, 0.05) is 50.7 Å². The van der Waals surface area contributed by atoms with E-state index in [9.17, 15) is 25.1 Å². The predicted molar refractivity (Wildman–Crippen MR) is 141 cm³/mol. The number of fused-ring (bicyclic) bond motifs is 1. The van der Waals surface area contributed by atoms with E-state index < -0.39 is 16.9 Å². The van der Waals surface area contributed by atoms with E-state index in [4.69, 9.17) is 5.41 Å². The molecule has 1 aromatic heterocycles. The highest BCUT2D eigenvalue weighted by molar-refractivity contribution is 7.11. The maximum atomic E-state index is 13.3. The van der Waals surface area contributed by atoms with Crippen LogP contribution in [0.2, 0.25) is 0 Å². The summed E-state index contributed by atoms with van der Waals surface area (Å²) < 4.78 is 3.85. The fourth-order valence-electron chi connectivity index (χ4n) is 4.00. The lowest BCUT2D eigenvalue weighted by Crippen LogP contribution is -2.35.